The van der Waals surface area contributed by atoms with Gasteiger partial charge < -0.3 is 15.2 Å². The number of hydrogen-bond donors (Lipinski definition) is 1. The molecule has 0 radical (unpaired) electrons. The molecule has 1 aromatic heterocycles. The van der Waals surface area contributed by atoms with Gasteiger partial charge in [-0.05, 0) is 19.1 Å². The third-order valence-electron chi connectivity index (χ3n) is 2.44. The predicted molar refractivity (Wildman–Crippen MR) is 71.1 cm³/mol. The van der Waals surface area contributed by atoms with Crippen molar-refractivity contribution in [3.8, 4) is 5.75 Å². The van der Waals surface area contributed by atoms with Gasteiger partial charge in [0.15, 0.2) is 0 Å². The van der Waals surface area contributed by atoms with E-state index in [2.05, 4.69) is 9.97 Å². The van der Waals surface area contributed by atoms with E-state index in [0.717, 1.165) is 5.39 Å². The van der Waals surface area contributed by atoms with Gasteiger partial charge in [0.1, 0.15) is 24.0 Å². The normalized spacial score (nSPS) is 10.8. The van der Waals surface area contributed by atoms with Crippen molar-refractivity contribution in [1.29, 1.82) is 0 Å². The van der Waals surface area contributed by atoms with Crippen molar-refractivity contribution in [3.63, 3.8) is 0 Å². The molecule has 2 aromatic rings. The third kappa shape index (κ3) is 2.63. The van der Waals surface area contributed by atoms with Gasteiger partial charge in [-0.3, -0.25) is 0 Å². The van der Waals surface area contributed by atoms with Gasteiger partial charge in [0.2, 0.25) is 0 Å². The molecule has 2 N–H and O–H groups in total. The van der Waals surface area contributed by atoms with Crippen molar-refractivity contribution in [3.05, 3.63) is 23.0 Å². The van der Waals surface area contributed by atoms with Crippen LogP contribution in [0.25, 0.3) is 10.9 Å². The molecule has 0 saturated heterocycles. The van der Waals surface area contributed by atoms with Crippen molar-refractivity contribution < 1.29 is 9.47 Å². The lowest BCUT2D eigenvalue weighted by Gasteiger charge is -2.10. The summed E-state index contributed by atoms with van der Waals surface area (Å²) in [6.45, 7) is 2.70. The summed E-state index contributed by atoms with van der Waals surface area (Å²) in [6, 6.07) is 3.48. The first-order valence-electron chi connectivity index (χ1n) is 5.47. The molecule has 0 atom stereocenters. The molecule has 0 saturated carbocycles. The Balaban J connectivity index is 2.41. The number of rotatable bonds is 4. The molecule has 0 aliphatic heterocycles. The van der Waals surface area contributed by atoms with Crippen LogP contribution >= 0.6 is 11.6 Å². The average Bonchev–Trinajstić information content (AvgIpc) is 2.30. The van der Waals surface area contributed by atoms with E-state index < -0.39 is 0 Å². The molecule has 1 heterocycles. The third-order valence-corrected chi connectivity index (χ3v) is 2.73. The maximum atomic E-state index is 6.12. The highest BCUT2D eigenvalue weighted by molar-refractivity contribution is 6.32. The first-order valence-corrected chi connectivity index (χ1v) is 5.84. The Bertz CT molecular complexity index is 575. The van der Waals surface area contributed by atoms with Crippen LogP contribution in [0.1, 0.15) is 5.82 Å². The number of anilines is 1. The van der Waals surface area contributed by atoms with Crippen molar-refractivity contribution in [2.24, 2.45) is 0 Å². The molecule has 0 fully saturated rings. The van der Waals surface area contributed by atoms with Crippen molar-refractivity contribution in [1.82, 2.24) is 9.97 Å². The number of aromatic nitrogens is 2. The minimum Gasteiger partial charge on any atom is -0.490 e. The lowest BCUT2D eigenvalue weighted by atomic mass is 10.2. The van der Waals surface area contributed by atoms with E-state index in [1.54, 1.807) is 26.2 Å². The number of ether oxygens (including phenoxy) is 2. The van der Waals surface area contributed by atoms with Crippen LogP contribution in [0.15, 0.2) is 12.1 Å². The van der Waals surface area contributed by atoms with Gasteiger partial charge >= 0.3 is 0 Å². The molecule has 0 aliphatic carbocycles. The Morgan fingerprint density at radius 1 is 1.28 bits per heavy atom. The Labute approximate surface area is 110 Å². The summed E-state index contributed by atoms with van der Waals surface area (Å²) < 4.78 is 10.4. The Hall–Kier alpha value is -1.59. The molecular formula is C12H14ClN3O2. The first kappa shape index (κ1) is 12.9. The number of halogens is 1. The van der Waals surface area contributed by atoms with Gasteiger partial charge in [-0.25, -0.2) is 9.97 Å². The molecule has 96 valence electrons. The molecule has 5 nitrogen and oxygen atoms in total. The summed E-state index contributed by atoms with van der Waals surface area (Å²) in [5, 5.41) is 1.23. The van der Waals surface area contributed by atoms with Crippen LogP contribution in [0.3, 0.4) is 0 Å². The van der Waals surface area contributed by atoms with Crippen LogP contribution < -0.4 is 10.5 Å². The van der Waals surface area contributed by atoms with Gasteiger partial charge in [0.05, 0.1) is 17.1 Å². The lowest BCUT2D eigenvalue weighted by Crippen LogP contribution is -2.05. The first-order chi connectivity index (χ1) is 8.61. The molecule has 6 heteroatoms. The Kier molecular flexibility index (Phi) is 3.84. The highest BCUT2D eigenvalue weighted by Crippen LogP contribution is 2.31. The van der Waals surface area contributed by atoms with Gasteiger partial charge in [-0.1, -0.05) is 11.6 Å². The number of methoxy groups -OCH3 is 1. The van der Waals surface area contributed by atoms with Crippen LogP contribution in [0, 0.1) is 6.92 Å². The Morgan fingerprint density at radius 3 is 2.78 bits per heavy atom. The number of nitrogens with zero attached hydrogens (tertiary/aromatic N) is 2. The van der Waals surface area contributed by atoms with Crippen LogP contribution in [0.5, 0.6) is 5.75 Å². The SMILES string of the molecule is COCCOc1cc2c(N)nc(C)nc2cc1Cl. The van der Waals surface area contributed by atoms with Crippen molar-refractivity contribution in [2.45, 2.75) is 6.92 Å². The second kappa shape index (κ2) is 5.37. The minimum atomic E-state index is 0.422. The predicted octanol–water partition coefficient (Wildman–Crippen LogP) is 2.20. The van der Waals surface area contributed by atoms with E-state index in [4.69, 9.17) is 26.8 Å². The fraction of sp³-hybridized carbons (Fsp3) is 0.333. The zero-order chi connectivity index (χ0) is 13.1. The maximum Gasteiger partial charge on any atom is 0.138 e. The molecule has 0 aliphatic rings. The average molecular weight is 268 g/mol. The van der Waals surface area contributed by atoms with Gasteiger partial charge in [-0.15, -0.1) is 0 Å². The van der Waals surface area contributed by atoms with E-state index in [1.807, 2.05) is 0 Å². The van der Waals surface area contributed by atoms with Crippen molar-refractivity contribution in [2.75, 3.05) is 26.1 Å². The quantitative estimate of drug-likeness (QED) is 0.860. The van der Waals surface area contributed by atoms with E-state index in [-0.39, 0.29) is 0 Å². The monoisotopic (exact) mass is 267 g/mol. The van der Waals surface area contributed by atoms with Gasteiger partial charge in [0, 0.05) is 12.5 Å². The summed E-state index contributed by atoms with van der Waals surface area (Å²) in [5.41, 5.74) is 6.57. The van der Waals surface area contributed by atoms with Crippen LogP contribution in [-0.4, -0.2) is 30.3 Å². The molecule has 0 spiro atoms. The van der Waals surface area contributed by atoms with Crippen LogP contribution in [-0.2, 0) is 4.74 Å². The van der Waals surface area contributed by atoms with E-state index in [9.17, 15) is 0 Å². The highest BCUT2D eigenvalue weighted by atomic mass is 35.5. The van der Waals surface area contributed by atoms with E-state index in [1.165, 1.54) is 0 Å². The molecule has 2 rings (SSSR count). The van der Waals surface area contributed by atoms with Crippen LogP contribution in [0.2, 0.25) is 5.02 Å². The molecule has 0 unspecified atom stereocenters. The largest absolute Gasteiger partial charge is 0.490 e. The second-order valence-corrected chi connectivity index (χ2v) is 4.20. The molecular weight excluding hydrogens is 254 g/mol. The summed E-state index contributed by atoms with van der Waals surface area (Å²) in [4.78, 5) is 8.39. The molecule has 18 heavy (non-hydrogen) atoms. The topological polar surface area (TPSA) is 70.3 Å². The van der Waals surface area contributed by atoms with E-state index >= 15 is 0 Å². The molecule has 0 amide bonds. The number of nitrogen functional groups attached to an aromatic ring is 1. The van der Waals surface area contributed by atoms with E-state index in [0.29, 0.717) is 41.1 Å². The fourth-order valence-electron chi connectivity index (χ4n) is 1.62. The number of nitrogens with two attached hydrogens (primary N) is 1. The second-order valence-electron chi connectivity index (χ2n) is 3.80. The minimum absolute atomic E-state index is 0.422. The lowest BCUT2D eigenvalue weighted by molar-refractivity contribution is 0.146. The summed E-state index contributed by atoms with van der Waals surface area (Å²) in [7, 11) is 1.61. The maximum absolute atomic E-state index is 6.12. The van der Waals surface area contributed by atoms with Gasteiger partial charge in [0.25, 0.3) is 0 Å². The zero-order valence-electron chi connectivity index (χ0n) is 10.2. The fourth-order valence-corrected chi connectivity index (χ4v) is 1.83. The summed E-state index contributed by atoms with van der Waals surface area (Å²) in [6.07, 6.45) is 0. The summed E-state index contributed by atoms with van der Waals surface area (Å²) >= 11 is 6.12. The number of hydrogen-bond acceptors (Lipinski definition) is 5. The summed E-state index contributed by atoms with van der Waals surface area (Å²) in [5.74, 6) is 1.59. The number of fused-ring (bicyclic) bond motifs is 1. The number of aryl methyl sites for hydroxylation is 1. The van der Waals surface area contributed by atoms with Gasteiger partial charge in [-0.2, -0.15) is 0 Å². The standard InChI is InChI=1S/C12H14ClN3O2/c1-7-15-10-6-9(13)11(18-4-3-17-2)5-8(10)12(14)16-7/h5-6H,3-4H2,1-2H3,(H2,14,15,16). The molecule has 1 aromatic carbocycles. The van der Waals surface area contributed by atoms with Crippen LogP contribution in [0.4, 0.5) is 5.82 Å². The Morgan fingerprint density at radius 2 is 2.06 bits per heavy atom. The van der Waals surface area contributed by atoms with Crippen molar-refractivity contribution >= 4 is 28.3 Å². The number of benzene rings is 1. The zero-order valence-corrected chi connectivity index (χ0v) is 11.0. The highest BCUT2D eigenvalue weighted by Gasteiger charge is 2.09. The smallest absolute Gasteiger partial charge is 0.138 e. The molecule has 0 bridgehead atoms.